The van der Waals surface area contributed by atoms with E-state index in [0.717, 1.165) is 11.3 Å². The monoisotopic (exact) mass is 298 g/mol. The average Bonchev–Trinajstić information content (AvgIpc) is 2.73. The molecule has 0 spiro atoms. The molecule has 112 valence electrons. The van der Waals surface area contributed by atoms with Crippen molar-refractivity contribution in [1.82, 2.24) is 0 Å². The van der Waals surface area contributed by atoms with Gasteiger partial charge >= 0.3 is 0 Å². The standard InChI is InChI=1S/C17H15FN2O2/c1-20-15-6-5-14(9-12(15)10-17(20)22)19-16(21)8-11-3-2-4-13(18)7-11/h2-7,9H,8,10H2,1H3,(H,19,21). The van der Waals surface area contributed by atoms with Crippen LogP contribution in [0.2, 0.25) is 0 Å². The number of benzene rings is 2. The fraction of sp³-hybridized carbons (Fsp3) is 0.176. The number of amides is 2. The average molecular weight is 298 g/mol. The summed E-state index contributed by atoms with van der Waals surface area (Å²) in [5.41, 5.74) is 3.03. The first kappa shape index (κ1) is 14.3. The number of carbonyl (C=O) groups is 2. The third-order valence-corrected chi connectivity index (χ3v) is 3.69. The van der Waals surface area contributed by atoms with Gasteiger partial charge in [0, 0.05) is 18.4 Å². The molecule has 0 fully saturated rings. The molecule has 4 nitrogen and oxygen atoms in total. The number of halogens is 1. The predicted molar refractivity (Wildman–Crippen MR) is 82.3 cm³/mol. The highest BCUT2D eigenvalue weighted by molar-refractivity contribution is 6.02. The summed E-state index contributed by atoms with van der Waals surface area (Å²) in [5, 5.41) is 2.78. The minimum Gasteiger partial charge on any atom is -0.326 e. The zero-order valence-electron chi connectivity index (χ0n) is 12.1. The van der Waals surface area contributed by atoms with Gasteiger partial charge in [0.15, 0.2) is 0 Å². The summed E-state index contributed by atoms with van der Waals surface area (Å²) in [4.78, 5) is 25.3. The predicted octanol–water partition coefficient (Wildman–Crippen LogP) is 2.53. The van der Waals surface area contributed by atoms with E-state index in [2.05, 4.69) is 5.32 Å². The highest BCUT2D eigenvalue weighted by Gasteiger charge is 2.23. The zero-order valence-corrected chi connectivity index (χ0v) is 12.1. The van der Waals surface area contributed by atoms with Gasteiger partial charge in [0.25, 0.3) is 0 Å². The Kier molecular flexibility index (Phi) is 3.63. The molecule has 1 aliphatic heterocycles. The SMILES string of the molecule is CN1C(=O)Cc2cc(NC(=O)Cc3cccc(F)c3)ccc21. The molecule has 0 aliphatic carbocycles. The van der Waals surface area contributed by atoms with Crippen LogP contribution in [-0.2, 0) is 22.4 Å². The van der Waals surface area contributed by atoms with Crippen LogP contribution in [0.1, 0.15) is 11.1 Å². The van der Waals surface area contributed by atoms with Crippen LogP contribution in [0.3, 0.4) is 0 Å². The maximum absolute atomic E-state index is 13.1. The van der Waals surface area contributed by atoms with Gasteiger partial charge in [-0.1, -0.05) is 12.1 Å². The van der Waals surface area contributed by atoms with Crippen LogP contribution < -0.4 is 10.2 Å². The van der Waals surface area contributed by atoms with Crippen molar-refractivity contribution >= 4 is 23.2 Å². The molecule has 0 saturated carbocycles. The first-order valence-corrected chi connectivity index (χ1v) is 6.97. The van der Waals surface area contributed by atoms with Crippen LogP contribution in [0.4, 0.5) is 15.8 Å². The molecular formula is C17H15FN2O2. The van der Waals surface area contributed by atoms with Crippen LogP contribution in [0.15, 0.2) is 42.5 Å². The van der Waals surface area contributed by atoms with Crippen molar-refractivity contribution in [3.63, 3.8) is 0 Å². The fourth-order valence-corrected chi connectivity index (χ4v) is 2.59. The lowest BCUT2D eigenvalue weighted by molar-refractivity contribution is -0.117. The smallest absolute Gasteiger partial charge is 0.231 e. The third kappa shape index (κ3) is 2.83. The molecule has 0 radical (unpaired) electrons. The molecular weight excluding hydrogens is 283 g/mol. The lowest BCUT2D eigenvalue weighted by atomic mass is 10.1. The number of carbonyl (C=O) groups excluding carboxylic acids is 2. The van der Waals surface area contributed by atoms with E-state index in [9.17, 15) is 14.0 Å². The number of nitrogens with one attached hydrogen (secondary N) is 1. The molecule has 0 saturated heterocycles. The Labute approximate surface area is 127 Å². The van der Waals surface area contributed by atoms with Crippen molar-refractivity contribution in [2.45, 2.75) is 12.8 Å². The van der Waals surface area contributed by atoms with Crippen molar-refractivity contribution in [3.05, 3.63) is 59.4 Å². The molecule has 2 aromatic rings. The van der Waals surface area contributed by atoms with Gasteiger partial charge in [0.2, 0.25) is 11.8 Å². The van der Waals surface area contributed by atoms with Gasteiger partial charge in [-0.2, -0.15) is 0 Å². The van der Waals surface area contributed by atoms with Crippen molar-refractivity contribution in [2.24, 2.45) is 0 Å². The summed E-state index contributed by atoms with van der Waals surface area (Å²) >= 11 is 0. The topological polar surface area (TPSA) is 49.4 Å². The minimum absolute atomic E-state index is 0.0400. The first-order chi connectivity index (χ1) is 10.5. The van der Waals surface area contributed by atoms with Crippen LogP contribution >= 0.6 is 0 Å². The molecule has 2 amide bonds. The number of rotatable bonds is 3. The zero-order chi connectivity index (χ0) is 15.7. The van der Waals surface area contributed by atoms with Gasteiger partial charge in [-0.3, -0.25) is 9.59 Å². The molecule has 22 heavy (non-hydrogen) atoms. The number of hydrogen-bond donors (Lipinski definition) is 1. The Bertz CT molecular complexity index is 758. The Hall–Kier alpha value is -2.69. The number of fused-ring (bicyclic) bond motifs is 1. The maximum Gasteiger partial charge on any atom is 0.231 e. The van der Waals surface area contributed by atoms with Gasteiger partial charge in [-0.25, -0.2) is 4.39 Å². The lowest BCUT2D eigenvalue weighted by Crippen LogP contribution is -2.20. The van der Waals surface area contributed by atoms with Gasteiger partial charge < -0.3 is 10.2 Å². The van der Waals surface area contributed by atoms with Crippen LogP contribution in [-0.4, -0.2) is 18.9 Å². The summed E-state index contributed by atoms with van der Waals surface area (Å²) in [7, 11) is 1.73. The van der Waals surface area contributed by atoms with E-state index in [0.29, 0.717) is 17.7 Å². The molecule has 2 aromatic carbocycles. The highest BCUT2D eigenvalue weighted by atomic mass is 19.1. The van der Waals surface area contributed by atoms with Gasteiger partial charge in [-0.05, 0) is 41.5 Å². The number of anilines is 2. The Morgan fingerprint density at radius 2 is 2.09 bits per heavy atom. The molecule has 1 heterocycles. The molecule has 0 unspecified atom stereocenters. The van der Waals surface area contributed by atoms with E-state index in [1.54, 1.807) is 36.2 Å². The van der Waals surface area contributed by atoms with E-state index in [1.165, 1.54) is 12.1 Å². The molecule has 0 atom stereocenters. The van der Waals surface area contributed by atoms with Gasteiger partial charge in [-0.15, -0.1) is 0 Å². The Balaban J connectivity index is 1.70. The Morgan fingerprint density at radius 1 is 1.27 bits per heavy atom. The largest absolute Gasteiger partial charge is 0.326 e. The maximum atomic E-state index is 13.1. The molecule has 3 rings (SSSR count). The second-order valence-electron chi connectivity index (χ2n) is 5.33. The minimum atomic E-state index is -0.357. The van der Waals surface area contributed by atoms with Gasteiger partial charge in [0.1, 0.15) is 5.82 Å². The summed E-state index contributed by atoms with van der Waals surface area (Å²) in [6, 6.07) is 11.4. The van der Waals surface area contributed by atoms with E-state index in [1.807, 2.05) is 6.07 Å². The molecule has 1 N–H and O–H groups in total. The lowest BCUT2D eigenvalue weighted by Gasteiger charge is -2.11. The molecule has 5 heteroatoms. The summed E-state index contributed by atoms with van der Waals surface area (Å²) < 4.78 is 13.1. The van der Waals surface area contributed by atoms with Crippen molar-refractivity contribution in [1.29, 1.82) is 0 Å². The number of nitrogens with zero attached hydrogens (tertiary/aromatic N) is 1. The third-order valence-electron chi connectivity index (χ3n) is 3.69. The van der Waals surface area contributed by atoms with E-state index in [4.69, 9.17) is 0 Å². The summed E-state index contributed by atoms with van der Waals surface area (Å²) in [6.07, 6.45) is 0.452. The highest BCUT2D eigenvalue weighted by Crippen LogP contribution is 2.29. The van der Waals surface area contributed by atoms with Crippen molar-refractivity contribution in [3.8, 4) is 0 Å². The molecule has 0 aromatic heterocycles. The van der Waals surface area contributed by atoms with Crippen molar-refractivity contribution in [2.75, 3.05) is 17.3 Å². The number of likely N-dealkylation sites (N-methyl/N-ethyl adjacent to an activating group) is 1. The second kappa shape index (κ2) is 5.60. The van der Waals surface area contributed by atoms with Gasteiger partial charge in [0.05, 0.1) is 12.8 Å². The summed E-state index contributed by atoms with van der Waals surface area (Å²) in [5.74, 6) is -0.536. The normalized spacial score (nSPS) is 13.2. The van der Waals surface area contributed by atoms with E-state index < -0.39 is 0 Å². The number of hydrogen-bond acceptors (Lipinski definition) is 2. The Morgan fingerprint density at radius 3 is 2.86 bits per heavy atom. The molecule has 0 bridgehead atoms. The molecule has 1 aliphatic rings. The van der Waals surface area contributed by atoms with Crippen molar-refractivity contribution < 1.29 is 14.0 Å². The van der Waals surface area contributed by atoms with Crippen LogP contribution in [0, 0.1) is 5.82 Å². The second-order valence-corrected chi connectivity index (χ2v) is 5.33. The van der Waals surface area contributed by atoms with E-state index in [-0.39, 0.29) is 24.1 Å². The first-order valence-electron chi connectivity index (χ1n) is 6.97. The van der Waals surface area contributed by atoms with Crippen LogP contribution in [0.25, 0.3) is 0 Å². The van der Waals surface area contributed by atoms with E-state index >= 15 is 0 Å². The summed E-state index contributed by atoms with van der Waals surface area (Å²) in [6.45, 7) is 0. The quantitative estimate of drug-likeness (QED) is 0.946. The fourth-order valence-electron chi connectivity index (χ4n) is 2.59. The van der Waals surface area contributed by atoms with Crippen LogP contribution in [0.5, 0.6) is 0 Å².